The Morgan fingerprint density at radius 3 is 3.00 bits per heavy atom. The summed E-state index contributed by atoms with van der Waals surface area (Å²) in [6.45, 7) is 0.337. The van der Waals surface area contributed by atoms with E-state index in [4.69, 9.17) is 9.26 Å². The van der Waals surface area contributed by atoms with E-state index in [0.717, 1.165) is 12.8 Å². The molecule has 1 saturated carbocycles. The number of aromatic nitrogens is 1. The van der Waals surface area contributed by atoms with Gasteiger partial charge in [-0.05, 0) is 12.8 Å². The summed E-state index contributed by atoms with van der Waals surface area (Å²) in [7, 11) is 1.57. The normalized spacial score (nSPS) is 17.0. The molecule has 17 heavy (non-hydrogen) atoms. The molecule has 1 fully saturated rings. The Kier molecular flexibility index (Phi) is 4.14. The van der Waals surface area contributed by atoms with Crippen LogP contribution in [-0.2, 0) is 11.3 Å². The molecular weight excluding hydrogens is 220 g/mol. The maximum absolute atomic E-state index is 11.9. The number of carbonyl (C=O) groups excluding carboxylic acids is 1. The molecule has 1 aliphatic rings. The van der Waals surface area contributed by atoms with Gasteiger partial charge in [-0.3, -0.25) is 4.79 Å². The molecule has 0 unspecified atom stereocenters. The summed E-state index contributed by atoms with van der Waals surface area (Å²) in [5, 5.41) is 6.72. The second-order valence-electron chi connectivity index (χ2n) is 4.42. The summed E-state index contributed by atoms with van der Waals surface area (Å²) in [5.74, 6) is 0.421. The zero-order valence-electron chi connectivity index (χ0n) is 10.1. The average molecular weight is 238 g/mol. The molecule has 1 aliphatic carbocycles. The molecule has 0 bridgehead atoms. The Hall–Kier alpha value is -1.36. The second kappa shape index (κ2) is 5.82. The molecule has 94 valence electrons. The molecule has 5 heteroatoms. The third-order valence-electron chi connectivity index (χ3n) is 3.02. The highest BCUT2D eigenvalue weighted by atomic mass is 16.5. The zero-order chi connectivity index (χ0) is 12.1. The molecule has 0 radical (unpaired) electrons. The van der Waals surface area contributed by atoms with E-state index in [9.17, 15) is 4.79 Å². The average Bonchev–Trinajstić information content (AvgIpc) is 2.79. The van der Waals surface area contributed by atoms with E-state index in [2.05, 4.69) is 10.5 Å². The lowest BCUT2D eigenvalue weighted by atomic mass is 9.95. The van der Waals surface area contributed by atoms with Gasteiger partial charge in [-0.25, -0.2) is 0 Å². The van der Waals surface area contributed by atoms with Crippen molar-refractivity contribution in [2.24, 2.45) is 0 Å². The smallest absolute Gasteiger partial charge is 0.273 e. The first-order chi connectivity index (χ1) is 8.29. The number of hydrogen-bond acceptors (Lipinski definition) is 4. The van der Waals surface area contributed by atoms with Gasteiger partial charge in [-0.1, -0.05) is 24.4 Å². The van der Waals surface area contributed by atoms with Crippen LogP contribution in [0.25, 0.3) is 0 Å². The molecule has 0 spiro atoms. The van der Waals surface area contributed by atoms with E-state index >= 15 is 0 Å². The van der Waals surface area contributed by atoms with Gasteiger partial charge in [-0.15, -0.1) is 0 Å². The summed E-state index contributed by atoms with van der Waals surface area (Å²) in [6, 6.07) is 1.92. The van der Waals surface area contributed by atoms with Gasteiger partial charge in [0.15, 0.2) is 11.5 Å². The number of methoxy groups -OCH3 is 1. The second-order valence-corrected chi connectivity index (χ2v) is 4.42. The van der Waals surface area contributed by atoms with Gasteiger partial charge >= 0.3 is 0 Å². The molecule has 1 aromatic rings. The van der Waals surface area contributed by atoms with E-state index in [1.165, 1.54) is 19.3 Å². The Morgan fingerprint density at radius 2 is 2.29 bits per heavy atom. The maximum Gasteiger partial charge on any atom is 0.273 e. The number of ether oxygens (including phenoxy) is 1. The van der Waals surface area contributed by atoms with Crippen LogP contribution < -0.4 is 5.32 Å². The minimum atomic E-state index is -0.150. The number of hydrogen-bond donors (Lipinski definition) is 1. The topological polar surface area (TPSA) is 64.4 Å². The first-order valence-electron chi connectivity index (χ1n) is 6.05. The summed E-state index contributed by atoms with van der Waals surface area (Å²) < 4.78 is 9.88. The van der Waals surface area contributed by atoms with Crippen LogP contribution in [-0.4, -0.2) is 24.2 Å². The first-order valence-corrected chi connectivity index (χ1v) is 6.05. The molecule has 2 rings (SSSR count). The molecule has 0 saturated heterocycles. The van der Waals surface area contributed by atoms with Crippen molar-refractivity contribution < 1.29 is 14.1 Å². The van der Waals surface area contributed by atoms with Gasteiger partial charge in [0, 0.05) is 19.2 Å². The van der Waals surface area contributed by atoms with Gasteiger partial charge in [0.1, 0.15) is 6.61 Å². The third kappa shape index (κ3) is 3.30. The van der Waals surface area contributed by atoms with Crippen LogP contribution in [0.5, 0.6) is 0 Å². The highest BCUT2D eigenvalue weighted by Gasteiger charge is 2.19. The molecule has 1 heterocycles. The number of amides is 1. The summed E-state index contributed by atoms with van der Waals surface area (Å²) in [4.78, 5) is 11.9. The molecule has 1 N–H and O–H groups in total. The van der Waals surface area contributed by atoms with Crippen LogP contribution in [0, 0.1) is 0 Å². The van der Waals surface area contributed by atoms with Crippen molar-refractivity contribution in [1.82, 2.24) is 10.5 Å². The van der Waals surface area contributed by atoms with Crippen LogP contribution in [0.1, 0.15) is 48.4 Å². The SMILES string of the molecule is COCc1cc(C(=O)NC2CCCCC2)no1. The van der Waals surface area contributed by atoms with Crippen molar-refractivity contribution in [1.29, 1.82) is 0 Å². The van der Waals surface area contributed by atoms with Gasteiger partial charge in [-0.2, -0.15) is 0 Å². The molecule has 1 aromatic heterocycles. The lowest BCUT2D eigenvalue weighted by Gasteiger charge is -2.22. The van der Waals surface area contributed by atoms with E-state index in [0.29, 0.717) is 24.1 Å². The summed E-state index contributed by atoms with van der Waals surface area (Å²) >= 11 is 0. The highest BCUT2D eigenvalue weighted by Crippen LogP contribution is 2.17. The number of nitrogens with zero attached hydrogens (tertiary/aromatic N) is 1. The lowest BCUT2D eigenvalue weighted by Crippen LogP contribution is -2.36. The fourth-order valence-electron chi connectivity index (χ4n) is 2.14. The Bertz CT molecular complexity index is 370. The fraction of sp³-hybridized carbons (Fsp3) is 0.667. The van der Waals surface area contributed by atoms with Crippen molar-refractivity contribution in [2.75, 3.05) is 7.11 Å². The van der Waals surface area contributed by atoms with Crippen molar-refractivity contribution in [3.8, 4) is 0 Å². The molecule has 0 atom stereocenters. The minimum Gasteiger partial charge on any atom is -0.377 e. The van der Waals surface area contributed by atoms with Crippen molar-refractivity contribution in [2.45, 2.75) is 44.8 Å². The van der Waals surface area contributed by atoms with Crippen LogP contribution in [0.2, 0.25) is 0 Å². The van der Waals surface area contributed by atoms with E-state index in [1.54, 1.807) is 13.2 Å². The highest BCUT2D eigenvalue weighted by molar-refractivity contribution is 5.92. The van der Waals surface area contributed by atoms with E-state index in [1.807, 2.05) is 0 Å². The van der Waals surface area contributed by atoms with Crippen LogP contribution in [0.15, 0.2) is 10.6 Å². The third-order valence-corrected chi connectivity index (χ3v) is 3.02. The van der Waals surface area contributed by atoms with Crippen LogP contribution in [0.4, 0.5) is 0 Å². The number of carbonyl (C=O) groups is 1. The maximum atomic E-state index is 11.9. The van der Waals surface area contributed by atoms with E-state index < -0.39 is 0 Å². The quantitative estimate of drug-likeness (QED) is 0.869. The summed E-state index contributed by atoms with van der Waals surface area (Å²) in [6.07, 6.45) is 5.79. The van der Waals surface area contributed by atoms with Gasteiger partial charge in [0.05, 0.1) is 0 Å². The van der Waals surface area contributed by atoms with Gasteiger partial charge in [0.2, 0.25) is 0 Å². The predicted octanol–water partition coefficient (Wildman–Crippen LogP) is 1.88. The Morgan fingerprint density at radius 1 is 1.53 bits per heavy atom. The lowest BCUT2D eigenvalue weighted by molar-refractivity contribution is 0.0918. The van der Waals surface area contributed by atoms with Crippen molar-refractivity contribution in [3.63, 3.8) is 0 Å². The van der Waals surface area contributed by atoms with Crippen LogP contribution in [0.3, 0.4) is 0 Å². The fourth-order valence-corrected chi connectivity index (χ4v) is 2.14. The van der Waals surface area contributed by atoms with Gasteiger partial charge in [0.25, 0.3) is 5.91 Å². The molecule has 0 aliphatic heterocycles. The van der Waals surface area contributed by atoms with Gasteiger partial charge < -0.3 is 14.6 Å². The Labute approximate surface area is 101 Å². The first kappa shape index (κ1) is 12.1. The molecular formula is C12H18N2O3. The van der Waals surface area contributed by atoms with Crippen molar-refractivity contribution >= 4 is 5.91 Å². The predicted molar refractivity (Wildman–Crippen MR) is 61.6 cm³/mol. The largest absolute Gasteiger partial charge is 0.377 e. The molecule has 5 nitrogen and oxygen atoms in total. The minimum absolute atomic E-state index is 0.150. The molecule has 1 amide bonds. The number of rotatable bonds is 4. The standard InChI is InChI=1S/C12H18N2O3/c1-16-8-10-7-11(14-17-10)12(15)13-9-5-3-2-4-6-9/h7,9H,2-6,8H2,1H3,(H,13,15). The Balaban J connectivity index is 1.89. The summed E-state index contributed by atoms with van der Waals surface area (Å²) in [5.41, 5.74) is 0.336. The monoisotopic (exact) mass is 238 g/mol. The molecule has 0 aromatic carbocycles. The van der Waals surface area contributed by atoms with Crippen LogP contribution >= 0.6 is 0 Å². The van der Waals surface area contributed by atoms with Crippen molar-refractivity contribution in [3.05, 3.63) is 17.5 Å². The van der Waals surface area contributed by atoms with E-state index in [-0.39, 0.29) is 5.91 Å². The zero-order valence-corrected chi connectivity index (χ0v) is 10.1. The number of nitrogens with one attached hydrogen (secondary N) is 1.